The van der Waals surface area contributed by atoms with Crippen LogP contribution >= 0.6 is 15.9 Å². The molecule has 0 spiro atoms. The Labute approximate surface area is 123 Å². The lowest BCUT2D eigenvalue weighted by molar-refractivity contribution is -0.137. The van der Waals surface area contributed by atoms with Crippen molar-refractivity contribution in [2.45, 2.75) is 37.7 Å². The molecule has 112 valence electrons. The summed E-state index contributed by atoms with van der Waals surface area (Å²) in [4.78, 5) is 3.81. The Kier molecular flexibility index (Phi) is 4.55. The van der Waals surface area contributed by atoms with Crippen LogP contribution in [0.2, 0.25) is 0 Å². The van der Waals surface area contributed by atoms with E-state index < -0.39 is 11.7 Å². The Hall–Kier alpha value is -0.860. The van der Waals surface area contributed by atoms with E-state index in [9.17, 15) is 13.2 Å². The molecule has 3 unspecified atom stereocenters. The SMILES string of the molecule is CCOC1CC(N)C1Nc1ncc(Br)cc1C(F)(F)F. The summed E-state index contributed by atoms with van der Waals surface area (Å²) in [6.07, 6.45) is -2.71. The fourth-order valence-electron chi connectivity index (χ4n) is 2.16. The van der Waals surface area contributed by atoms with Gasteiger partial charge in [-0.25, -0.2) is 4.98 Å². The number of hydrogen-bond acceptors (Lipinski definition) is 4. The molecular formula is C12H15BrF3N3O. The summed E-state index contributed by atoms with van der Waals surface area (Å²) in [5, 5.41) is 2.76. The third kappa shape index (κ3) is 3.24. The summed E-state index contributed by atoms with van der Waals surface area (Å²) < 4.78 is 44.6. The molecule has 4 nitrogen and oxygen atoms in total. The first-order valence-electron chi connectivity index (χ1n) is 6.19. The van der Waals surface area contributed by atoms with Crippen molar-refractivity contribution in [2.24, 2.45) is 5.73 Å². The van der Waals surface area contributed by atoms with Crippen LogP contribution in [0.4, 0.5) is 19.0 Å². The maximum Gasteiger partial charge on any atom is 0.419 e. The molecule has 2 rings (SSSR count). The van der Waals surface area contributed by atoms with Gasteiger partial charge in [-0.05, 0) is 35.3 Å². The molecule has 0 aliphatic heterocycles. The van der Waals surface area contributed by atoms with Crippen LogP contribution in [0.1, 0.15) is 18.9 Å². The quantitative estimate of drug-likeness (QED) is 0.873. The predicted molar refractivity (Wildman–Crippen MR) is 72.4 cm³/mol. The third-order valence-electron chi connectivity index (χ3n) is 3.21. The standard InChI is InChI=1S/C12H15BrF3N3O/c1-2-20-9-4-8(17)10(9)19-11-7(12(14,15)16)3-6(13)5-18-11/h3,5,8-10H,2,4,17H2,1H3,(H,18,19). The number of alkyl halides is 3. The van der Waals surface area contributed by atoms with Gasteiger partial charge in [-0.3, -0.25) is 0 Å². The van der Waals surface area contributed by atoms with Crippen LogP contribution in [0.25, 0.3) is 0 Å². The minimum atomic E-state index is -4.48. The molecule has 3 atom stereocenters. The normalized spacial score (nSPS) is 26.2. The maximum atomic E-state index is 13.0. The highest BCUT2D eigenvalue weighted by molar-refractivity contribution is 9.10. The molecule has 1 aromatic rings. The van der Waals surface area contributed by atoms with Crippen molar-refractivity contribution in [3.05, 3.63) is 22.3 Å². The van der Waals surface area contributed by atoms with Crippen molar-refractivity contribution in [3.63, 3.8) is 0 Å². The van der Waals surface area contributed by atoms with Crippen molar-refractivity contribution >= 4 is 21.7 Å². The lowest BCUT2D eigenvalue weighted by Crippen LogP contribution is -2.60. The largest absolute Gasteiger partial charge is 0.419 e. The van der Waals surface area contributed by atoms with E-state index in [1.54, 1.807) is 0 Å². The van der Waals surface area contributed by atoms with Gasteiger partial charge in [0.05, 0.1) is 17.7 Å². The molecule has 1 aliphatic carbocycles. The molecule has 1 aromatic heterocycles. The average molecular weight is 354 g/mol. The number of halogens is 4. The van der Waals surface area contributed by atoms with E-state index in [0.29, 0.717) is 13.0 Å². The van der Waals surface area contributed by atoms with Crippen LogP contribution in [0.3, 0.4) is 0 Å². The zero-order chi connectivity index (χ0) is 14.9. The molecule has 1 fully saturated rings. The van der Waals surface area contributed by atoms with Gasteiger partial charge in [0.1, 0.15) is 5.82 Å². The number of anilines is 1. The van der Waals surface area contributed by atoms with Gasteiger partial charge in [-0.1, -0.05) is 0 Å². The second-order valence-corrected chi connectivity index (χ2v) is 5.53. The first-order valence-corrected chi connectivity index (χ1v) is 6.98. The van der Waals surface area contributed by atoms with Gasteiger partial charge >= 0.3 is 6.18 Å². The maximum absolute atomic E-state index is 13.0. The zero-order valence-corrected chi connectivity index (χ0v) is 12.3. The van der Waals surface area contributed by atoms with Gasteiger partial charge in [0.25, 0.3) is 0 Å². The summed E-state index contributed by atoms with van der Waals surface area (Å²) in [6.45, 7) is 2.33. The van der Waals surface area contributed by atoms with E-state index in [0.717, 1.165) is 6.07 Å². The first-order chi connectivity index (χ1) is 9.32. The van der Waals surface area contributed by atoms with E-state index in [4.69, 9.17) is 10.5 Å². The number of hydrogen-bond donors (Lipinski definition) is 2. The number of nitrogens with zero attached hydrogens (tertiary/aromatic N) is 1. The Morgan fingerprint density at radius 2 is 2.25 bits per heavy atom. The van der Waals surface area contributed by atoms with E-state index in [1.807, 2.05) is 6.92 Å². The van der Waals surface area contributed by atoms with Gasteiger partial charge in [-0.2, -0.15) is 13.2 Å². The third-order valence-corrected chi connectivity index (χ3v) is 3.64. The lowest BCUT2D eigenvalue weighted by atomic mass is 9.83. The predicted octanol–water partition coefficient (Wildman–Crippen LogP) is 2.78. The topological polar surface area (TPSA) is 60.2 Å². The number of nitrogens with one attached hydrogen (secondary N) is 1. The number of nitrogens with two attached hydrogens (primary N) is 1. The number of pyridine rings is 1. The van der Waals surface area contributed by atoms with Gasteiger partial charge < -0.3 is 15.8 Å². The molecular weight excluding hydrogens is 339 g/mol. The molecule has 1 saturated carbocycles. The van der Waals surface area contributed by atoms with Gasteiger partial charge in [0, 0.05) is 23.3 Å². The van der Waals surface area contributed by atoms with Crippen LogP contribution < -0.4 is 11.1 Å². The van der Waals surface area contributed by atoms with Crippen LogP contribution in [0.5, 0.6) is 0 Å². The summed E-state index contributed by atoms with van der Waals surface area (Å²) >= 11 is 2.99. The minimum Gasteiger partial charge on any atom is -0.376 e. The Morgan fingerprint density at radius 1 is 1.55 bits per heavy atom. The average Bonchev–Trinajstić information content (AvgIpc) is 2.36. The van der Waals surface area contributed by atoms with Crippen LogP contribution in [0, 0.1) is 0 Å². The van der Waals surface area contributed by atoms with Crippen LogP contribution in [-0.4, -0.2) is 29.8 Å². The molecule has 0 amide bonds. The molecule has 20 heavy (non-hydrogen) atoms. The summed E-state index contributed by atoms with van der Waals surface area (Å²) in [7, 11) is 0. The Balaban J connectivity index is 2.21. The molecule has 0 aromatic carbocycles. The number of rotatable bonds is 4. The highest BCUT2D eigenvalue weighted by atomic mass is 79.9. The van der Waals surface area contributed by atoms with Crippen molar-refractivity contribution in [3.8, 4) is 0 Å². The van der Waals surface area contributed by atoms with Gasteiger partial charge in [-0.15, -0.1) is 0 Å². The highest BCUT2D eigenvalue weighted by Crippen LogP contribution is 2.37. The highest BCUT2D eigenvalue weighted by Gasteiger charge is 2.42. The van der Waals surface area contributed by atoms with Crippen molar-refractivity contribution < 1.29 is 17.9 Å². The molecule has 0 radical (unpaired) electrons. The fraction of sp³-hybridized carbons (Fsp3) is 0.583. The zero-order valence-electron chi connectivity index (χ0n) is 10.7. The van der Waals surface area contributed by atoms with E-state index in [2.05, 4.69) is 26.2 Å². The molecule has 1 heterocycles. The van der Waals surface area contributed by atoms with Gasteiger partial charge in [0.15, 0.2) is 0 Å². The monoisotopic (exact) mass is 353 g/mol. The van der Waals surface area contributed by atoms with Crippen LogP contribution in [0.15, 0.2) is 16.7 Å². The number of aromatic nitrogens is 1. The minimum absolute atomic E-state index is 0.179. The van der Waals surface area contributed by atoms with Gasteiger partial charge in [0.2, 0.25) is 0 Å². The second kappa shape index (κ2) is 5.87. The Morgan fingerprint density at radius 3 is 2.80 bits per heavy atom. The van der Waals surface area contributed by atoms with Crippen molar-refractivity contribution in [2.75, 3.05) is 11.9 Å². The van der Waals surface area contributed by atoms with E-state index in [-0.39, 0.29) is 28.5 Å². The second-order valence-electron chi connectivity index (χ2n) is 4.61. The molecule has 0 saturated heterocycles. The first kappa shape index (κ1) is 15.5. The molecule has 3 N–H and O–H groups in total. The fourth-order valence-corrected chi connectivity index (χ4v) is 2.49. The van der Waals surface area contributed by atoms with Crippen molar-refractivity contribution in [1.82, 2.24) is 4.98 Å². The summed E-state index contributed by atoms with van der Waals surface area (Å²) in [5.41, 5.74) is 5.00. The summed E-state index contributed by atoms with van der Waals surface area (Å²) in [5.74, 6) is -0.217. The Bertz CT molecular complexity index is 482. The van der Waals surface area contributed by atoms with E-state index >= 15 is 0 Å². The molecule has 1 aliphatic rings. The lowest BCUT2D eigenvalue weighted by Gasteiger charge is -2.43. The number of ether oxygens (including phenoxy) is 1. The van der Waals surface area contributed by atoms with Crippen LogP contribution in [-0.2, 0) is 10.9 Å². The summed E-state index contributed by atoms with van der Waals surface area (Å²) in [6, 6.07) is 0.401. The molecule has 8 heteroatoms. The molecule has 0 bridgehead atoms. The smallest absolute Gasteiger partial charge is 0.376 e. The van der Waals surface area contributed by atoms with E-state index in [1.165, 1.54) is 6.20 Å². The van der Waals surface area contributed by atoms with Crippen molar-refractivity contribution in [1.29, 1.82) is 0 Å².